The van der Waals surface area contributed by atoms with Crippen LogP contribution in [0, 0.1) is 0 Å². The van der Waals surface area contributed by atoms with Crippen LogP contribution >= 0.6 is 0 Å². The molecule has 3 heteroatoms. The Morgan fingerprint density at radius 1 is 1.28 bits per heavy atom. The van der Waals surface area contributed by atoms with Crippen molar-refractivity contribution in [1.29, 1.82) is 0 Å². The van der Waals surface area contributed by atoms with E-state index in [2.05, 4.69) is 6.58 Å². The van der Waals surface area contributed by atoms with E-state index in [0.29, 0.717) is 0 Å². The van der Waals surface area contributed by atoms with Gasteiger partial charge in [-0.3, -0.25) is 0 Å². The maximum atomic E-state index is 11.3. The molecular weight excluding hydrogens is 228 g/mol. The normalized spacial score (nSPS) is 14.8. The van der Waals surface area contributed by atoms with Gasteiger partial charge in [0, 0.05) is 0 Å². The van der Waals surface area contributed by atoms with Gasteiger partial charge in [-0.1, -0.05) is 61.2 Å². The highest BCUT2D eigenvalue weighted by Crippen LogP contribution is 2.29. The minimum atomic E-state index is -2.10. The first kappa shape index (κ1) is 13.9. The molecule has 3 nitrogen and oxygen atoms in total. The SMILES string of the molecule is C=C(/C=C\C=C/C)C(O)(C(=O)O)c1ccccc1. The molecule has 0 bridgehead atoms. The van der Waals surface area contributed by atoms with Crippen molar-refractivity contribution in [2.75, 3.05) is 0 Å². The summed E-state index contributed by atoms with van der Waals surface area (Å²) in [6.45, 7) is 5.49. The number of carbonyl (C=O) groups is 1. The Morgan fingerprint density at radius 3 is 2.39 bits per heavy atom. The van der Waals surface area contributed by atoms with E-state index >= 15 is 0 Å². The molecule has 0 aliphatic heterocycles. The number of carboxylic acids is 1. The first-order valence-electron chi connectivity index (χ1n) is 5.53. The topological polar surface area (TPSA) is 57.5 Å². The van der Waals surface area contributed by atoms with Gasteiger partial charge in [-0.25, -0.2) is 4.79 Å². The average molecular weight is 244 g/mol. The van der Waals surface area contributed by atoms with Crippen molar-refractivity contribution < 1.29 is 15.0 Å². The molecule has 0 aliphatic carbocycles. The maximum Gasteiger partial charge on any atom is 0.345 e. The van der Waals surface area contributed by atoms with Crippen molar-refractivity contribution in [2.24, 2.45) is 0 Å². The van der Waals surface area contributed by atoms with E-state index in [9.17, 15) is 15.0 Å². The summed E-state index contributed by atoms with van der Waals surface area (Å²) in [6.07, 6.45) is 6.66. The molecular formula is C15H16O3. The van der Waals surface area contributed by atoms with Gasteiger partial charge in [0.2, 0.25) is 5.60 Å². The molecule has 0 aromatic heterocycles. The van der Waals surface area contributed by atoms with Gasteiger partial charge in [-0.05, 0) is 18.1 Å². The molecule has 0 spiro atoms. The number of aliphatic carboxylic acids is 1. The highest BCUT2D eigenvalue weighted by Gasteiger charge is 2.39. The first-order valence-corrected chi connectivity index (χ1v) is 5.53. The molecule has 18 heavy (non-hydrogen) atoms. The molecule has 94 valence electrons. The predicted octanol–water partition coefficient (Wildman–Crippen LogP) is 2.65. The number of benzene rings is 1. The molecule has 0 saturated carbocycles. The lowest BCUT2D eigenvalue weighted by molar-refractivity contribution is -0.155. The van der Waals surface area contributed by atoms with Gasteiger partial charge >= 0.3 is 5.97 Å². The molecule has 1 atom stereocenters. The minimum absolute atomic E-state index is 0.110. The van der Waals surface area contributed by atoms with Crippen LogP contribution in [0.5, 0.6) is 0 Å². The van der Waals surface area contributed by atoms with E-state index in [1.165, 1.54) is 6.08 Å². The van der Waals surface area contributed by atoms with Crippen molar-refractivity contribution >= 4 is 5.97 Å². The van der Waals surface area contributed by atoms with Gasteiger partial charge in [-0.2, -0.15) is 0 Å². The Morgan fingerprint density at radius 2 is 1.89 bits per heavy atom. The van der Waals surface area contributed by atoms with E-state index in [-0.39, 0.29) is 11.1 Å². The molecule has 0 saturated heterocycles. The fourth-order valence-corrected chi connectivity index (χ4v) is 1.53. The van der Waals surface area contributed by atoms with Gasteiger partial charge < -0.3 is 10.2 Å². The Kier molecular flexibility index (Phi) is 4.63. The summed E-state index contributed by atoms with van der Waals surface area (Å²) in [5, 5.41) is 19.6. The second-order valence-electron chi connectivity index (χ2n) is 3.79. The van der Waals surface area contributed by atoms with Crippen LogP contribution in [0.2, 0.25) is 0 Å². The minimum Gasteiger partial charge on any atom is -0.479 e. The van der Waals surface area contributed by atoms with Gasteiger partial charge in [-0.15, -0.1) is 0 Å². The summed E-state index contributed by atoms with van der Waals surface area (Å²) >= 11 is 0. The summed E-state index contributed by atoms with van der Waals surface area (Å²) in [4.78, 5) is 11.3. The number of rotatable bonds is 5. The van der Waals surface area contributed by atoms with Crippen LogP contribution in [0.4, 0.5) is 0 Å². The number of allylic oxidation sites excluding steroid dienone is 3. The van der Waals surface area contributed by atoms with Crippen molar-refractivity contribution in [2.45, 2.75) is 12.5 Å². The number of aliphatic hydroxyl groups is 1. The van der Waals surface area contributed by atoms with Crippen molar-refractivity contribution in [3.05, 3.63) is 72.4 Å². The maximum absolute atomic E-state index is 11.3. The molecule has 0 amide bonds. The lowest BCUT2D eigenvalue weighted by Gasteiger charge is -2.24. The molecule has 1 aromatic carbocycles. The molecule has 0 fully saturated rings. The predicted molar refractivity (Wildman–Crippen MR) is 71.1 cm³/mol. The fourth-order valence-electron chi connectivity index (χ4n) is 1.53. The molecule has 0 heterocycles. The van der Waals surface area contributed by atoms with Crippen LogP contribution in [-0.4, -0.2) is 16.2 Å². The molecule has 1 rings (SSSR count). The van der Waals surface area contributed by atoms with E-state index in [4.69, 9.17) is 0 Å². The number of hydrogen-bond acceptors (Lipinski definition) is 2. The van der Waals surface area contributed by atoms with Crippen LogP contribution < -0.4 is 0 Å². The smallest absolute Gasteiger partial charge is 0.345 e. The molecule has 1 unspecified atom stereocenters. The molecule has 1 aromatic rings. The zero-order valence-corrected chi connectivity index (χ0v) is 10.2. The molecule has 0 aliphatic rings. The second-order valence-corrected chi connectivity index (χ2v) is 3.79. The first-order chi connectivity index (χ1) is 8.53. The third-order valence-electron chi connectivity index (χ3n) is 2.57. The lowest BCUT2D eigenvalue weighted by atomic mass is 9.86. The third kappa shape index (κ3) is 2.76. The van der Waals surface area contributed by atoms with Crippen LogP contribution in [0.1, 0.15) is 12.5 Å². The van der Waals surface area contributed by atoms with E-state index in [1.807, 2.05) is 6.92 Å². The summed E-state index contributed by atoms with van der Waals surface area (Å²) in [5.74, 6) is -1.34. The zero-order chi connectivity index (χ0) is 13.6. The van der Waals surface area contributed by atoms with Crippen LogP contribution in [0.25, 0.3) is 0 Å². The summed E-state index contributed by atoms with van der Waals surface area (Å²) in [7, 11) is 0. The Labute approximate surface area is 106 Å². The number of carboxylic acid groups (broad SMARTS) is 1. The quantitative estimate of drug-likeness (QED) is 0.783. The zero-order valence-electron chi connectivity index (χ0n) is 10.2. The largest absolute Gasteiger partial charge is 0.479 e. The average Bonchev–Trinajstić information content (AvgIpc) is 2.38. The van der Waals surface area contributed by atoms with Gasteiger partial charge in [0.05, 0.1) is 0 Å². The monoisotopic (exact) mass is 244 g/mol. The fraction of sp³-hybridized carbons (Fsp3) is 0.133. The number of hydrogen-bond donors (Lipinski definition) is 2. The Balaban J connectivity index is 3.17. The van der Waals surface area contributed by atoms with Gasteiger partial charge in [0.1, 0.15) is 0 Å². The van der Waals surface area contributed by atoms with Crippen LogP contribution in [-0.2, 0) is 10.4 Å². The highest BCUT2D eigenvalue weighted by atomic mass is 16.4. The van der Waals surface area contributed by atoms with Crippen molar-refractivity contribution in [3.8, 4) is 0 Å². The standard InChI is InChI=1S/C15H16O3/c1-3-4-6-9-12(2)15(18,14(16)17)13-10-7-5-8-11-13/h3-11,18H,2H2,1H3,(H,16,17)/b4-3-,9-6-. The van der Waals surface area contributed by atoms with Gasteiger partial charge in [0.15, 0.2) is 0 Å². The summed E-state index contributed by atoms with van der Waals surface area (Å²) < 4.78 is 0. The second kappa shape index (κ2) is 5.98. The Hall–Kier alpha value is -2.13. The lowest BCUT2D eigenvalue weighted by Crippen LogP contribution is -2.36. The van der Waals surface area contributed by atoms with E-state index < -0.39 is 11.6 Å². The summed E-state index contributed by atoms with van der Waals surface area (Å²) in [5.41, 5.74) is -1.70. The Bertz CT molecular complexity index is 486. The van der Waals surface area contributed by atoms with Crippen molar-refractivity contribution in [3.63, 3.8) is 0 Å². The van der Waals surface area contributed by atoms with Gasteiger partial charge in [0.25, 0.3) is 0 Å². The van der Waals surface area contributed by atoms with E-state index in [1.54, 1.807) is 48.6 Å². The molecule has 2 N–H and O–H groups in total. The third-order valence-corrected chi connectivity index (χ3v) is 2.57. The highest BCUT2D eigenvalue weighted by molar-refractivity contribution is 5.84. The summed E-state index contributed by atoms with van der Waals surface area (Å²) in [6, 6.07) is 8.22. The van der Waals surface area contributed by atoms with E-state index in [0.717, 1.165) is 0 Å². The molecule has 0 radical (unpaired) electrons. The van der Waals surface area contributed by atoms with Crippen LogP contribution in [0.15, 0.2) is 66.8 Å². The van der Waals surface area contributed by atoms with Crippen LogP contribution in [0.3, 0.4) is 0 Å². The van der Waals surface area contributed by atoms with Crippen molar-refractivity contribution in [1.82, 2.24) is 0 Å².